The molecule has 3 rings (SSSR count). The van der Waals surface area contributed by atoms with Crippen molar-refractivity contribution in [3.05, 3.63) is 84.0 Å². The second-order valence-electron chi connectivity index (χ2n) is 9.81. The Labute approximate surface area is 231 Å². The molecule has 1 amide bonds. The van der Waals surface area contributed by atoms with E-state index in [2.05, 4.69) is 31.7 Å². The van der Waals surface area contributed by atoms with Crippen molar-refractivity contribution in [2.75, 3.05) is 51.6 Å². The normalized spacial score (nSPS) is 11.8. The maximum atomic E-state index is 12.2. The van der Waals surface area contributed by atoms with Crippen molar-refractivity contribution in [2.45, 2.75) is 32.5 Å². The van der Waals surface area contributed by atoms with Crippen LogP contribution in [-0.2, 0) is 11.2 Å². The first kappa shape index (κ1) is 29.6. The van der Waals surface area contributed by atoms with E-state index < -0.39 is 6.10 Å². The molecule has 208 valence electrons. The van der Waals surface area contributed by atoms with Gasteiger partial charge in [0, 0.05) is 44.4 Å². The Bertz CT molecular complexity index is 1260. The molecular formula is C30H39N5O4. The Morgan fingerprint density at radius 3 is 2.46 bits per heavy atom. The molecule has 0 radical (unpaired) electrons. The van der Waals surface area contributed by atoms with Gasteiger partial charge in [-0.05, 0) is 63.8 Å². The van der Waals surface area contributed by atoms with Crippen LogP contribution in [0.3, 0.4) is 0 Å². The minimum absolute atomic E-state index is 0.0697. The number of benzene rings is 2. The number of hydrogen-bond donors (Lipinski definition) is 2. The summed E-state index contributed by atoms with van der Waals surface area (Å²) in [5.41, 5.74) is 3.44. The second kappa shape index (κ2) is 13.7. The Kier molecular flexibility index (Phi) is 10.4. The molecule has 2 N–H and O–H groups in total. The highest BCUT2D eigenvalue weighted by Crippen LogP contribution is 2.35. The molecule has 1 aromatic heterocycles. The van der Waals surface area contributed by atoms with Crippen molar-refractivity contribution >= 4 is 17.3 Å². The van der Waals surface area contributed by atoms with E-state index in [0.717, 1.165) is 30.1 Å². The van der Waals surface area contributed by atoms with E-state index in [-0.39, 0.29) is 12.0 Å². The number of likely N-dealkylation sites (N-methyl/N-ethyl adjacent to an activating group) is 2. The number of nitrogens with one attached hydrogen (secondary N) is 1. The quantitative estimate of drug-likeness (QED) is 0.317. The molecule has 0 saturated carbocycles. The molecule has 9 nitrogen and oxygen atoms in total. The van der Waals surface area contributed by atoms with Gasteiger partial charge in [0.2, 0.25) is 5.91 Å². The number of carbonyl (C=O) groups excluding carboxylic acids is 1. The number of anilines is 2. The van der Waals surface area contributed by atoms with Gasteiger partial charge in [0.05, 0.1) is 30.3 Å². The lowest BCUT2D eigenvalue weighted by molar-refractivity contribution is -0.111. The molecule has 0 bridgehead atoms. The van der Waals surface area contributed by atoms with E-state index >= 15 is 0 Å². The first-order chi connectivity index (χ1) is 18.6. The zero-order chi connectivity index (χ0) is 28.5. The summed E-state index contributed by atoms with van der Waals surface area (Å²) in [4.78, 5) is 25.5. The largest absolute Gasteiger partial charge is 0.496 e. The van der Waals surface area contributed by atoms with Crippen LogP contribution < -0.4 is 19.7 Å². The first-order valence-electron chi connectivity index (χ1n) is 12.9. The molecule has 3 aromatic rings. The number of aromatic nitrogens is 2. The van der Waals surface area contributed by atoms with Crippen LogP contribution in [0.15, 0.2) is 61.3 Å². The number of methoxy groups -OCH3 is 1. The number of ether oxygens (including phenoxy) is 2. The van der Waals surface area contributed by atoms with Crippen LogP contribution >= 0.6 is 0 Å². The van der Waals surface area contributed by atoms with Crippen LogP contribution in [0.4, 0.5) is 11.4 Å². The van der Waals surface area contributed by atoms with Crippen molar-refractivity contribution in [3.8, 4) is 11.5 Å². The number of aliphatic hydroxyl groups is 1. The Hall–Kier alpha value is -3.95. The number of amides is 1. The van der Waals surface area contributed by atoms with Gasteiger partial charge in [0.1, 0.15) is 23.4 Å². The lowest BCUT2D eigenvalue weighted by Crippen LogP contribution is -2.29. The number of carbonyl (C=O) groups is 1. The molecule has 2 aromatic carbocycles. The van der Waals surface area contributed by atoms with Gasteiger partial charge in [-0.25, -0.2) is 9.97 Å². The maximum absolute atomic E-state index is 12.2. The predicted octanol–water partition coefficient (Wildman–Crippen LogP) is 4.07. The highest BCUT2D eigenvalue weighted by Gasteiger charge is 2.18. The SMILES string of the molecule is C=CC(=O)Nc1cc(Cc2nccc(C(O)c3ccc(OC(C)C)cc3)n2)c(OC)cc1N(C)CCN(C)C. The molecule has 0 spiro atoms. The van der Waals surface area contributed by atoms with Crippen molar-refractivity contribution in [1.29, 1.82) is 0 Å². The molecule has 1 unspecified atom stereocenters. The Balaban J connectivity index is 1.89. The fraction of sp³-hybridized carbons (Fsp3) is 0.367. The molecule has 0 aliphatic carbocycles. The molecule has 1 atom stereocenters. The molecule has 0 aliphatic heterocycles. The zero-order valence-corrected chi connectivity index (χ0v) is 23.6. The Morgan fingerprint density at radius 2 is 1.85 bits per heavy atom. The molecule has 0 fully saturated rings. The average molecular weight is 534 g/mol. The summed E-state index contributed by atoms with van der Waals surface area (Å²) in [6, 6.07) is 12.8. The average Bonchev–Trinajstić information content (AvgIpc) is 2.91. The van der Waals surface area contributed by atoms with Gasteiger partial charge >= 0.3 is 0 Å². The fourth-order valence-electron chi connectivity index (χ4n) is 4.01. The minimum Gasteiger partial charge on any atom is -0.496 e. The van der Waals surface area contributed by atoms with Crippen molar-refractivity contribution < 1.29 is 19.4 Å². The topological polar surface area (TPSA) is 100 Å². The van der Waals surface area contributed by atoms with Gasteiger partial charge in [-0.15, -0.1) is 0 Å². The lowest BCUT2D eigenvalue weighted by Gasteiger charge is -2.25. The predicted molar refractivity (Wildman–Crippen MR) is 155 cm³/mol. The van der Waals surface area contributed by atoms with Crippen LogP contribution in [0.25, 0.3) is 0 Å². The van der Waals surface area contributed by atoms with Crippen LogP contribution in [0.5, 0.6) is 11.5 Å². The third-order valence-corrected chi connectivity index (χ3v) is 6.06. The van der Waals surface area contributed by atoms with Crippen LogP contribution in [0.2, 0.25) is 0 Å². The number of aliphatic hydroxyl groups excluding tert-OH is 1. The van der Waals surface area contributed by atoms with Crippen LogP contribution in [0.1, 0.15) is 42.6 Å². The molecule has 0 saturated heterocycles. The third-order valence-electron chi connectivity index (χ3n) is 6.06. The number of hydrogen-bond acceptors (Lipinski definition) is 8. The van der Waals surface area contributed by atoms with Crippen molar-refractivity contribution in [3.63, 3.8) is 0 Å². The van der Waals surface area contributed by atoms with E-state index in [4.69, 9.17) is 9.47 Å². The third kappa shape index (κ3) is 8.27. The molecule has 1 heterocycles. The Morgan fingerprint density at radius 1 is 1.13 bits per heavy atom. The van der Waals surface area contributed by atoms with Gasteiger partial charge in [0.25, 0.3) is 0 Å². The zero-order valence-electron chi connectivity index (χ0n) is 23.6. The number of nitrogens with zero attached hydrogens (tertiary/aromatic N) is 4. The maximum Gasteiger partial charge on any atom is 0.247 e. The number of rotatable bonds is 13. The minimum atomic E-state index is -0.920. The first-order valence-corrected chi connectivity index (χ1v) is 12.9. The van der Waals surface area contributed by atoms with E-state index in [1.165, 1.54) is 6.08 Å². The van der Waals surface area contributed by atoms with E-state index in [0.29, 0.717) is 34.9 Å². The highest BCUT2D eigenvalue weighted by atomic mass is 16.5. The molecule has 0 aliphatic rings. The summed E-state index contributed by atoms with van der Waals surface area (Å²) in [6.45, 7) is 9.10. The monoisotopic (exact) mass is 533 g/mol. The van der Waals surface area contributed by atoms with E-state index in [1.54, 1.807) is 19.4 Å². The van der Waals surface area contributed by atoms with Crippen molar-refractivity contribution in [2.24, 2.45) is 0 Å². The summed E-state index contributed by atoms with van der Waals surface area (Å²) in [5, 5.41) is 13.9. The van der Waals surface area contributed by atoms with Crippen molar-refractivity contribution in [1.82, 2.24) is 14.9 Å². The second-order valence-corrected chi connectivity index (χ2v) is 9.81. The van der Waals surface area contributed by atoms with Gasteiger partial charge < -0.3 is 29.7 Å². The van der Waals surface area contributed by atoms with Crippen LogP contribution in [-0.4, -0.2) is 73.3 Å². The highest BCUT2D eigenvalue weighted by molar-refractivity contribution is 6.01. The molecule has 39 heavy (non-hydrogen) atoms. The van der Waals surface area contributed by atoms with E-state index in [1.807, 2.05) is 71.4 Å². The summed E-state index contributed by atoms with van der Waals surface area (Å²) < 4.78 is 11.4. The fourth-order valence-corrected chi connectivity index (χ4v) is 4.01. The van der Waals surface area contributed by atoms with Gasteiger partial charge in [-0.2, -0.15) is 0 Å². The van der Waals surface area contributed by atoms with Gasteiger partial charge in [0.15, 0.2) is 0 Å². The summed E-state index contributed by atoms with van der Waals surface area (Å²) >= 11 is 0. The van der Waals surface area contributed by atoms with Gasteiger partial charge in [-0.3, -0.25) is 4.79 Å². The lowest BCUT2D eigenvalue weighted by atomic mass is 10.0. The summed E-state index contributed by atoms with van der Waals surface area (Å²) in [6.07, 6.45) is 2.36. The molecule has 9 heteroatoms. The standard InChI is InChI=1S/C30H39N5O4/c1-8-29(36)33-25-17-22(27(38-7)19-26(25)35(6)16-15-34(4)5)18-28-31-14-13-24(32-28)30(37)21-9-11-23(12-10-21)39-20(2)3/h8-14,17,19-20,30,37H,1,15-16,18H2,2-7H3,(H,33,36). The smallest absolute Gasteiger partial charge is 0.247 e. The summed E-state index contributed by atoms with van der Waals surface area (Å²) in [5.74, 6) is 1.60. The van der Waals surface area contributed by atoms with Crippen LogP contribution in [0, 0.1) is 0 Å². The van der Waals surface area contributed by atoms with E-state index in [9.17, 15) is 9.90 Å². The molecular weight excluding hydrogens is 494 g/mol. The van der Waals surface area contributed by atoms with Gasteiger partial charge in [-0.1, -0.05) is 18.7 Å². The summed E-state index contributed by atoms with van der Waals surface area (Å²) in [7, 11) is 7.60.